The lowest BCUT2D eigenvalue weighted by atomic mass is 9.74. The number of ether oxygens (including phenoxy) is 1. The predicted octanol–water partition coefficient (Wildman–Crippen LogP) is 2.16. The van der Waals surface area contributed by atoms with Gasteiger partial charge in [0.1, 0.15) is 35.5 Å². The van der Waals surface area contributed by atoms with Gasteiger partial charge >= 0.3 is 6.01 Å². The number of pyridine rings is 1. The van der Waals surface area contributed by atoms with Gasteiger partial charge in [0, 0.05) is 55.0 Å². The van der Waals surface area contributed by atoms with Crippen LogP contribution in [0, 0.1) is 17.1 Å². The van der Waals surface area contributed by atoms with Crippen molar-refractivity contribution >= 4 is 34.1 Å². The summed E-state index contributed by atoms with van der Waals surface area (Å²) < 4.78 is 34.7. The number of aromatic nitrogens is 4. The molecular formula is C29H34F2N10O2S. The summed E-state index contributed by atoms with van der Waals surface area (Å²) in [6.45, 7) is 2.67. The minimum absolute atomic E-state index is 0.0902. The van der Waals surface area contributed by atoms with Crippen molar-refractivity contribution in [1.29, 1.82) is 5.26 Å². The Hall–Kier alpha value is -3.87. The average molecular weight is 625 g/mol. The normalized spacial score (nSPS) is 23.4. The summed E-state index contributed by atoms with van der Waals surface area (Å²) >= 11 is 1.49. The van der Waals surface area contributed by atoms with Crippen LogP contribution in [0.5, 0.6) is 6.01 Å². The molecule has 0 radical (unpaired) electrons. The van der Waals surface area contributed by atoms with E-state index in [4.69, 9.17) is 21.2 Å². The van der Waals surface area contributed by atoms with E-state index >= 15 is 0 Å². The number of thiophene rings is 1. The fourth-order valence-electron chi connectivity index (χ4n) is 7.49. The van der Waals surface area contributed by atoms with Gasteiger partial charge in [0.05, 0.1) is 23.9 Å². The van der Waals surface area contributed by atoms with Gasteiger partial charge in [-0.05, 0) is 43.9 Å². The maximum atomic E-state index is 14.4. The van der Waals surface area contributed by atoms with Crippen molar-refractivity contribution in [3.63, 3.8) is 0 Å². The van der Waals surface area contributed by atoms with Gasteiger partial charge in [0.15, 0.2) is 0 Å². The Balaban J connectivity index is 1.20. The third-order valence-electron chi connectivity index (χ3n) is 9.56. The molecule has 3 fully saturated rings. The fraction of sp³-hybridized carbons (Fsp3) is 0.552. The van der Waals surface area contributed by atoms with Crippen LogP contribution >= 0.6 is 11.3 Å². The van der Waals surface area contributed by atoms with E-state index in [1.165, 1.54) is 17.4 Å². The standard InChI is InChI=1S/C29H34F2N10O2S/c30-18-8-17(23(33)35-11-18)12-39(6-7-42)25-36-26(38-27(37-25)43-16-29-3-1-5-41(29)13-19(31)9-29)40-14-28(15-40)4-2-21-22(28)20(10-32)24(34)44-21/h8,11,19,42H,1-7,9,12-16,34H2,(H2,33,35)/t19-,29+/m1/s1. The minimum atomic E-state index is -0.896. The van der Waals surface area contributed by atoms with Crippen LogP contribution < -0.4 is 26.0 Å². The van der Waals surface area contributed by atoms with E-state index in [1.54, 1.807) is 4.90 Å². The quantitative estimate of drug-likeness (QED) is 0.318. The number of nitrogen functional groups attached to an aromatic ring is 2. The number of hydrogen-bond donors (Lipinski definition) is 3. The van der Waals surface area contributed by atoms with Gasteiger partial charge in [-0.25, -0.2) is 13.8 Å². The Kier molecular flexibility index (Phi) is 7.18. The molecule has 3 aromatic rings. The van der Waals surface area contributed by atoms with Gasteiger partial charge in [-0.3, -0.25) is 4.90 Å². The van der Waals surface area contributed by atoms with Crippen LogP contribution in [0.3, 0.4) is 0 Å². The molecule has 3 saturated heterocycles. The predicted molar refractivity (Wildman–Crippen MR) is 161 cm³/mol. The highest BCUT2D eigenvalue weighted by atomic mass is 32.1. The van der Waals surface area contributed by atoms with Crippen LogP contribution in [-0.2, 0) is 18.4 Å². The zero-order valence-corrected chi connectivity index (χ0v) is 25.0. The molecule has 3 aromatic heterocycles. The first-order valence-corrected chi connectivity index (χ1v) is 15.6. The molecule has 0 amide bonds. The number of anilines is 4. The molecule has 44 heavy (non-hydrogen) atoms. The van der Waals surface area contributed by atoms with Crippen molar-refractivity contribution in [3.05, 3.63) is 39.6 Å². The maximum Gasteiger partial charge on any atom is 0.323 e. The Bertz CT molecular complexity index is 1630. The fourth-order valence-corrected chi connectivity index (χ4v) is 8.63. The molecule has 7 rings (SSSR count). The molecule has 2 atom stereocenters. The van der Waals surface area contributed by atoms with Crippen molar-refractivity contribution in [2.75, 3.05) is 67.2 Å². The molecule has 1 spiro atoms. The molecule has 15 heteroatoms. The SMILES string of the molecule is N#Cc1c(N)sc2c1C1(CC2)CN(c2nc(OC[C@@]34CCCN3C[C@H](F)C4)nc(N(CCO)Cc3cc(F)cnc3N)n2)C1. The largest absolute Gasteiger partial charge is 0.461 e. The van der Waals surface area contributed by atoms with Crippen molar-refractivity contribution in [3.8, 4) is 12.1 Å². The molecular weight excluding hydrogens is 590 g/mol. The summed E-state index contributed by atoms with van der Waals surface area (Å²) in [7, 11) is 0. The Labute approximate surface area is 257 Å². The number of nitrogens with zero attached hydrogens (tertiary/aromatic N) is 8. The Morgan fingerprint density at radius 2 is 2.09 bits per heavy atom. The number of nitriles is 1. The number of rotatable bonds is 9. The van der Waals surface area contributed by atoms with Gasteiger partial charge in [-0.2, -0.15) is 20.2 Å². The first kappa shape index (κ1) is 28.9. The highest BCUT2D eigenvalue weighted by molar-refractivity contribution is 7.16. The monoisotopic (exact) mass is 624 g/mol. The van der Waals surface area contributed by atoms with Crippen LogP contribution in [0.4, 0.5) is 31.5 Å². The number of nitrogens with two attached hydrogens (primary N) is 2. The second-order valence-electron chi connectivity index (χ2n) is 12.3. The van der Waals surface area contributed by atoms with Crippen molar-refractivity contribution in [1.82, 2.24) is 24.8 Å². The summed E-state index contributed by atoms with van der Waals surface area (Å²) in [5.41, 5.74) is 13.6. The number of aliphatic hydroxyl groups is 1. The third-order valence-corrected chi connectivity index (χ3v) is 10.6. The summed E-state index contributed by atoms with van der Waals surface area (Å²) in [6, 6.07) is 3.68. The van der Waals surface area contributed by atoms with Crippen LogP contribution in [0.15, 0.2) is 12.3 Å². The first-order valence-electron chi connectivity index (χ1n) is 14.8. The van der Waals surface area contributed by atoms with Gasteiger partial charge < -0.3 is 31.1 Å². The molecule has 0 aromatic carbocycles. The highest BCUT2D eigenvalue weighted by Gasteiger charge is 2.52. The molecule has 4 aliphatic rings. The molecule has 3 aliphatic heterocycles. The molecule has 12 nitrogen and oxygen atoms in total. The van der Waals surface area contributed by atoms with E-state index < -0.39 is 17.5 Å². The molecule has 0 bridgehead atoms. The zero-order valence-electron chi connectivity index (χ0n) is 24.2. The van der Waals surface area contributed by atoms with E-state index in [2.05, 4.69) is 25.9 Å². The second kappa shape index (κ2) is 10.9. The number of halogens is 2. The average Bonchev–Trinajstić information content (AvgIpc) is 3.70. The smallest absolute Gasteiger partial charge is 0.323 e. The topological polar surface area (TPSA) is 167 Å². The van der Waals surface area contributed by atoms with Gasteiger partial charge in [0.2, 0.25) is 11.9 Å². The number of hydrogen-bond acceptors (Lipinski definition) is 13. The van der Waals surface area contributed by atoms with E-state index in [1.807, 2.05) is 4.90 Å². The van der Waals surface area contributed by atoms with Crippen LogP contribution in [-0.4, -0.2) is 87.6 Å². The summed E-state index contributed by atoms with van der Waals surface area (Å²) in [6.07, 6.45) is 4.15. The highest BCUT2D eigenvalue weighted by Crippen LogP contribution is 2.52. The van der Waals surface area contributed by atoms with E-state index in [9.17, 15) is 19.1 Å². The lowest BCUT2D eigenvalue weighted by molar-refractivity contribution is 0.107. The van der Waals surface area contributed by atoms with Gasteiger partial charge in [-0.15, -0.1) is 11.3 Å². The lowest BCUT2D eigenvalue weighted by Crippen LogP contribution is -2.59. The van der Waals surface area contributed by atoms with E-state index in [0.717, 1.165) is 48.9 Å². The summed E-state index contributed by atoms with van der Waals surface area (Å²) in [4.78, 5) is 25.0. The molecule has 232 valence electrons. The summed E-state index contributed by atoms with van der Waals surface area (Å²) in [5.74, 6) is 0.236. The molecule has 6 heterocycles. The van der Waals surface area contributed by atoms with Crippen LogP contribution in [0.25, 0.3) is 0 Å². The zero-order chi connectivity index (χ0) is 30.6. The Morgan fingerprint density at radius 3 is 2.89 bits per heavy atom. The van der Waals surface area contributed by atoms with Crippen molar-refractivity contribution in [2.45, 2.75) is 55.8 Å². The molecule has 5 N–H and O–H groups in total. The minimum Gasteiger partial charge on any atom is -0.461 e. The van der Waals surface area contributed by atoms with Crippen molar-refractivity contribution < 1.29 is 18.6 Å². The summed E-state index contributed by atoms with van der Waals surface area (Å²) in [5, 5.41) is 20.3. The molecule has 0 saturated carbocycles. The number of fused-ring (bicyclic) bond motifs is 3. The van der Waals surface area contributed by atoms with Crippen molar-refractivity contribution in [2.24, 2.45) is 0 Å². The third kappa shape index (κ3) is 4.85. The molecule has 0 unspecified atom stereocenters. The second-order valence-corrected chi connectivity index (χ2v) is 13.4. The van der Waals surface area contributed by atoms with Crippen LogP contribution in [0.2, 0.25) is 0 Å². The number of alkyl halides is 1. The first-order chi connectivity index (χ1) is 21.2. The van der Waals surface area contributed by atoms with Gasteiger partial charge in [-0.1, -0.05) is 0 Å². The lowest BCUT2D eigenvalue weighted by Gasteiger charge is -2.48. The van der Waals surface area contributed by atoms with E-state index in [-0.39, 0.29) is 49.5 Å². The number of aliphatic hydroxyl groups excluding tert-OH is 1. The number of aryl methyl sites for hydroxylation is 1. The van der Waals surface area contributed by atoms with E-state index in [0.29, 0.717) is 48.1 Å². The van der Waals surface area contributed by atoms with Gasteiger partial charge in [0.25, 0.3) is 0 Å². The van der Waals surface area contributed by atoms with Crippen LogP contribution in [0.1, 0.15) is 47.3 Å². The molecule has 1 aliphatic carbocycles. The Morgan fingerprint density at radius 1 is 1.25 bits per heavy atom. The maximum absolute atomic E-state index is 14.4.